The average Bonchev–Trinajstić information content (AvgIpc) is 2.18. The SMILES string of the molecule is C=CCC#Cc1ccc(C(F)(F)F)cc1. The summed E-state index contributed by atoms with van der Waals surface area (Å²) in [5, 5.41) is 0. The van der Waals surface area contributed by atoms with Crippen LogP contribution < -0.4 is 0 Å². The molecule has 3 heteroatoms. The summed E-state index contributed by atoms with van der Waals surface area (Å²) < 4.78 is 36.5. The van der Waals surface area contributed by atoms with E-state index in [9.17, 15) is 13.2 Å². The van der Waals surface area contributed by atoms with Crippen molar-refractivity contribution in [3.8, 4) is 11.8 Å². The lowest BCUT2D eigenvalue weighted by atomic mass is 10.1. The molecule has 1 aromatic rings. The quantitative estimate of drug-likeness (QED) is 0.490. The van der Waals surface area contributed by atoms with E-state index in [-0.39, 0.29) is 0 Å². The van der Waals surface area contributed by atoms with Crippen molar-refractivity contribution < 1.29 is 13.2 Å². The Morgan fingerprint density at radius 3 is 2.27 bits per heavy atom. The van der Waals surface area contributed by atoms with Gasteiger partial charge in [0.2, 0.25) is 0 Å². The van der Waals surface area contributed by atoms with Crippen LogP contribution in [0, 0.1) is 11.8 Å². The van der Waals surface area contributed by atoms with Crippen LogP contribution in [0.5, 0.6) is 0 Å². The van der Waals surface area contributed by atoms with Crippen molar-refractivity contribution in [2.24, 2.45) is 0 Å². The Morgan fingerprint density at radius 1 is 1.20 bits per heavy atom. The molecule has 0 aliphatic heterocycles. The fraction of sp³-hybridized carbons (Fsp3) is 0.167. The van der Waals surface area contributed by atoms with Crippen LogP contribution in [-0.4, -0.2) is 0 Å². The lowest BCUT2D eigenvalue weighted by Crippen LogP contribution is -2.04. The Kier molecular flexibility index (Phi) is 3.56. The van der Waals surface area contributed by atoms with Gasteiger partial charge in [0.15, 0.2) is 0 Å². The van der Waals surface area contributed by atoms with Gasteiger partial charge in [-0.15, -0.1) is 6.58 Å². The van der Waals surface area contributed by atoms with Crippen LogP contribution in [0.2, 0.25) is 0 Å². The van der Waals surface area contributed by atoms with Crippen LogP contribution in [0.25, 0.3) is 0 Å². The fourth-order valence-electron chi connectivity index (χ4n) is 0.968. The van der Waals surface area contributed by atoms with E-state index in [0.29, 0.717) is 12.0 Å². The standard InChI is InChI=1S/C12H9F3/c1-2-3-4-5-10-6-8-11(9-7-10)12(13,14)15/h2,6-9H,1,3H2. The van der Waals surface area contributed by atoms with Crippen molar-refractivity contribution in [3.05, 3.63) is 48.0 Å². The van der Waals surface area contributed by atoms with Gasteiger partial charge in [-0.25, -0.2) is 0 Å². The number of hydrogen-bond acceptors (Lipinski definition) is 0. The zero-order valence-corrected chi connectivity index (χ0v) is 7.93. The van der Waals surface area contributed by atoms with Crippen molar-refractivity contribution >= 4 is 0 Å². The van der Waals surface area contributed by atoms with Gasteiger partial charge in [0, 0.05) is 12.0 Å². The summed E-state index contributed by atoms with van der Waals surface area (Å²) in [7, 11) is 0. The van der Waals surface area contributed by atoms with Crippen LogP contribution in [0.3, 0.4) is 0 Å². The zero-order chi connectivity index (χ0) is 11.3. The highest BCUT2D eigenvalue weighted by Crippen LogP contribution is 2.28. The molecule has 0 radical (unpaired) electrons. The molecule has 15 heavy (non-hydrogen) atoms. The first-order valence-electron chi connectivity index (χ1n) is 4.31. The van der Waals surface area contributed by atoms with E-state index in [2.05, 4.69) is 18.4 Å². The smallest absolute Gasteiger partial charge is 0.166 e. The van der Waals surface area contributed by atoms with E-state index in [1.807, 2.05) is 0 Å². The van der Waals surface area contributed by atoms with Crippen LogP contribution in [0.4, 0.5) is 13.2 Å². The normalized spacial score (nSPS) is 10.3. The summed E-state index contributed by atoms with van der Waals surface area (Å²) in [6.07, 6.45) is -2.12. The van der Waals surface area contributed by atoms with Gasteiger partial charge >= 0.3 is 6.18 Å². The molecule has 0 spiro atoms. The molecule has 0 heterocycles. The van der Waals surface area contributed by atoms with E-state index >= 15 is 0 Å². The zero-order valence-electron chi connectivity index (χ0n) is 7.93. The molecule has 0 amide bonds. The van der Waals surface area contributed by atoms with Crippen molar-refractivity contribution in [1.29, 1.82) is 0 Å². The molecule has 0 aromatic heterocycles. The Labute approximate surface area is 86.4 Å². The third-order valence-corrected chi connectivity index (χ3v) is 1.69. The topological polar surface area (TPSA) is 0 Å². The summed E-state index contributed by atoms with van der Waals surface area (Å²) in [5.74, 6) is 5.50. The second-order valence-corrected chi connectivity index (χ2v) is 2.87. The molecule has 0 bridgehead atoms. The van der Waals surface area contributed by atoms with Crippen LogP contribution in [0.1, 0.15) is 17.5 Å². The second kappa shape index (κ2) is 4.70. The number of benzene rings is 1. The molecule has 0 aliphatic carbocycles. The first-order valence-corrected chi connectivity index (χ1v) is 4.31. The molecule has 0 aliphatic rings. The second-order valence-electron chi connectivity index (χ2n) is 2.87. The number of halogens is 3. The molecule has 0 unspecified atom stereocenters. The molecule has 78 valence electrons. The predicted molar refractivity (Wildman–Crippen MR) is 53.1 cm³/mol. The highest BCUT2D eigenvalue weighted by atomic mass is 19.4. The Morgan fingerprint density at radius 2 is 1.80 bits per heavy atom. The Hall–Kier alpha value is -1.69. The van der Waals surface area contributed by atoms with Gasteiger partial charge in [-0.3, -0.25) is 0 Å². The lowest BCUT2D eigenvalue weighted by molar-refractivity contribution is -0.137. The van der Waals surface area contributed by atoms with Crippen molar-refractivity contribution in [1.82, 2.24) is 0 Å². The summed E-state index contributed by atoms with van der Waals surface area (Å²) >= 11 is 0. The maximum atomic E-state index is 12.2. The van der Waals surface area contributed by atoms with Gasteiger partial charge < -0.3 is 0 Å². The summed E-state index contributed by atoms with van der Waals surface area (Å²) in [5.41, 5.74) is -0.0818. The molecule has 0 N–H and O–H groups in total. The predicted octanol–water partition coefficient (Wildman–Crippen LogP) is 3.63. The number of alkyl halides is 3. The highest BCUT2D eigenvalue weighted by molar-refractivity contribution is 5.37. The summed E-state index contributed by atoms with van der Waals surface area (Å²) in [4.78, 5) is 0. The number of allylic oxidation sites excluding steroid dienone is 1. The maximum Gasteiger partial charge on any atom is 0.416 e. The molecule has 0 fully saturated rings. The van der Waals surface area contributed by atoms with Gasteiger partial charge in [-0.2, -0.15) is 13.2 Å². The van der Waals surface area contributed by atoms with E-state index in [4.69, 9.17) is 0 Å². The largest absolute Gasteiger partial charge is 0.416 e. The van der Waals surface area contributed by atoms with Gasteiger partial charge in [-0.05, 0) is 24.3 Å². The molecular weight excluding hydrogens is 201 g/mol. The summed E-state index contributed by atoms with van der Waals surface area (Å²) in [6.45, 7) is 3.49. The third-order valence-electron chi connectivity index (χ3n) is 1.69. The molecular formula is C12H9F3. The maximum absolute atomic E-state index is 12.2. The molecule has 0 nitrogen and oxygen atoms in total. The van der Waals surface area contributed by atoms with Crippen LogP contribution in [0.15, 0.2) is 36.9 Å². The molecule has 0 saturated carbocycles. The van der Waals surface area contributed by atoms with Gasteiger partial charge in [0.25, 0.3) is 0 Å². The molecule has 0 atom stereocenters. The molecule has 0 saturated heterocycles. The van der Waals surface area contributed by atoms with E-state index < -0.39 is 11.7 Å². The average molecular weight is 210 g/mol. The van der Waals surface area contributed by atoms with Crippen molar-refractivity contribution in [2.45, 2.75) is 12.6 Å². The van der Waals surface area contributed by atoms with Gasteiger partial charge in [0.05, 0.1) is 5.56 Å². The minimum atomic E-state index is -4.28. The first kappa shape index (κ1) is 11.4. The lowest BCUT2D eigenvalue weighted by Gasteiger charge is -2.05. The first-order chi connectivity index (χ1) is 7.04. The molecule has 1 aromatic carbocycles. The Bertz CT molecular complexity index is 388. The van der Waals surface area contributed by atoms with E-state index in [0.717, 1.165) is 12.1 Å². The minimum absolute atomic E-state index is 0.529. The summed E-state index contributed by atoms with van der Waals surface area (Å²) in [6, 6.07) is 4.77. The fourth-order valence-corrected chi connectivity index (χ4v) is 0.968. The monoisotopic (exact) mass is 210 g/mol. The van der Waals surface area contributed by atoms with E-state index in [1.54, 1.807) is 6.08 Å². The van der Waals surface area contributed by atoms with Crippen LogP contribution >= 0.6 is 0 Å². The van der Waals surface area contributed by atoms with Crippen molar-refractivity contribution in [3.63, 3.8) is 0 Å². The van der Waals surface area contributed by atoms with Crippen molar-refractivity contribution in [2.75, 3.05) is 0 Å². The third kappa shape index (κ3) is 3.51. The Balaban J connectivity index is 2.83. The highest BCUT2D eigenvalue weighted by Gasteiger charge is 2.29. The minimum Gasteiger partial charge on any atom is -0.166 e. The van der Waals surface area contributed by atoms with Crippen LogP contribution in [-0.2, 0) is 6.18 Å². The van der Waals surface area contributed by atoms with Gasteiger partial charge in [-0.1, -0.05) is 17.9 Å². The van der Waals surface area contributed by atoms with Gasteiger partial charge in [0.1, 0.15) is 0 Å². The number of hydrogen-bond donors (Lipinski definition) is 0. The number of rotatable bonds is 1. The molecule has 1 rings (SSSR count). The van der Waals surface area contributed by atoms with E-state index in [1.165, 1.54) is 12.1 Å².